The SMILES string of the molecule is CC(C)NC(=O)NCCOc1ccc(S(C)(=O)=O)cc1. The first kappa shape index (κ1) is 16.3. The van der Waals surface area contributed by atoms with Gasteiger partial charge in [-0.15, -0.1) is 0 Å². The van der Waals surface area contributed by atoms with Crippen LogP contribution in [0, 0.1) is 0 Å². The van der Waals surface area contributed by atoms with Crippen LogP contribution < -0.4 is 15.4 Å². The van der Waals surface area contributed by atoms with Gasteiger partial charge in [-0.1, -0.05) is 0 Å². The quantitative estimate of drug-likeness (QED) is 0.773. The first-order chi connectivity index (χ1) is 9.29. The smallest absolute Gasteiger partial charge is 0.315 e. The van der Waals surface area contributed by atoms with Gasteiger partial charge < -0.3 is 15.4 Å². The molecule has 0 radical (unpaired) electrons. The Labute approximate surface area is 119 Å². The van der Waals surface area contributed by atoms with Crippen LogP contribution in [0.2, 0.25) is 0 Å². The lowest BCUT2D eigenvalue weighted by Crippen LogP contribution is -2.41. The highest BCUT2D eigenvalue weighted by Gasteiger charge is 2.06. The van der Waals surface area contributed by atoms with Gasteiger partial charge in [0.1, 0.15) is 12.4 Å². The maximum Gasteiger partial charge on any atom is 0.315 e. The van der Waals surface area contributed by atoms with Gasteiger partial charge in [-0.25, -0.2) is 13.2 Å². The number of nitrogens with one attached hydrogen (secondary N) is 2. The van der Waals surface area contributed by atoms with E-state index < -0.39 is 9.84 Å². The maximum atomic E-state index is 11.3. The van der Waals surface area contributed by atoms with E-state index >= 15 is 0 Å². The van der Waals surface area contributed by atoms with E-state index in [-0.39, 0.29) is 17.0 Å². The van der Waals surface area contributed by atoms with Crippen molar-refractivity contribution >= 4 is 15.9 Å². The largest absolute Gasteiger partial charge is 0.492 e. The summed E-state index contributed by atoms with van der Waals surface area (Å²) in [6.07, 6.45) is 1.15. The Bertz CT molecular complexity index is 538. The van der Waals surface area contributed by atoms with Crippen molar-refractivity contribution in [2.75, 3.05) is 19.4 Å². The van der Waals surface area contributed by atoms with Crippen molar-refractivity contribution < 1.29 is 17.9 Å². The molecule has 0 aliphatic rings. The Hall–Kier alpha value is -1.76. The van der Waals surface area contributed by atoms with Crippen LogP contribution in [0.3, 0.4) is 0 Å². The number of hydrogen-bond acceptors (Lipinski definition) is 4. The summed E-state index contributed by atoms with van der Waals surface area (Å²) in [5, 5.41) is 5.34. The molecule has 1 rings (SSSR count). The summed E-state index contributed by atoms with van der Waals surface area (Å²) in [4.78, 5) is 11.5. The lowest BCUT2D eigenvalue weighted by Gasteiger charge is -2.11. The number of hydrogen-bond donors (Lipinski definition) is 2. The molecule has 0 aliphatic heterocycles. The molecule has 6 nitrogen and oxygen atoms in total. The highest BCUT2D eigenvalue weighted by molar-refractivity contribution is 7.90. The number of carbonyl (C=O) groups excluding carboxylic acids is 1. The Kier molecular flexibility index (Phi) is 5.82. The number of urea groups is 1. The maximum absolute atomic E-state index is 11.3. The zero-order valence-corrected chi connectivity index (χ0v) is 12.7. The number of sulfone groups is 1. The Balaban J connectivity index is 2.34. The van der Waals surface area contributed by atoms with Crippen LogP contribution in [0.1, 0.15) is 13.8 Å². The van der Waals surface area contributed by atoms with Gasteiger partial charge in [0.05, 0.1) is 11.4 Å². The lowest BCUT2D eigenvalue weighted by atomic mass is 10.3. The van der Waals surface area contributed by atoms with E-state index in [1.807, 2.05) is 13.8 Å². The summed E-state index contributed by atoms with van der Waals surface area (Å²) in [6.45, 7) is 4.43. The highest BCUT2D eigenvalue weighted by atomic mass is 32.2. The van der Waals surface area contributed by atoms with Gasteiger partial charge in [0, 0.05) is 12.3 Å². The van der Waals surface area contributed by atoms with Crippen LogP contribution >= 0.6 is 0 Å². The van der Waals surface area contributed by atoms with Crippen LogP contribution in [0.25, 0.3) is 0 Å². The van der Waals surface area contributed by atoms with Gasteiger partial charge in [0.25, 0.3) is 0 Å². The summed E-state index contributed by atoms with van der Waals surface area (Å²) in [5.74, 6) is 0.559. The van der Waals surface area contributed by atoms with Gasteiger partial charge >= 0.3 is 6.03 Å². The number of benzene rings is 1. The molecule has 20 heavy (non-hydrogen) atoms. The molecule has 0 heterocycles. The van der Waals surface area contributed by atoms with Crippen molar-refractivity contribution in [1.82, 2.24) is 10.6 Å². The minimum absolute atomic E-state index is 0.0828. The third-order valence-corrected chi connectivity index (χ3v) is 3.46. The summed E-state index contributed by atoms with van der Waals surface area (Å²) < 4.78 is 27.9. The molecule has 0 unspecified atom stereocenters. The molecular formula is C13H20N2O4S. The van der Waals surface area contributed by atoms with E-state index in [1.165, 1.54) is 12.1 Å². The first-order valence-corrected chi connectivity index (χ1v) is 8.15. The number of carbonyl (C=O) groups is 1. The van der Waals surface area contributed by atoms with Crippen LogP contribution in [0.4, 0.5) is 4.79 Å². The van der Waals surface area contributed by atoms with E-state index in [2.05, 4.69) is 10.6 Å². The van der Waals surface area contributed by atoms with Crippen molar-refractivity contribution in [1.29, 1.82) is 0 Å². The fourth-order valence-corrected chi connectivity index (χ4v) is 2.06. The molecule has 0 saturated carbocycles. The van der Waals surface area contributed by atoms with Gasteiger partial charge in [0.15, 0.2) is 9.84 Å². The molecule has 112 valence electrons. The van der Waals surface area contributed by atoms with Crippen molar-refractivity contribution in [2.45, 2.75) is 24.8 Å². The number of ether oxygens (including phenoxy) is 1. The molecule has 2 amide bonds. The van der Waals surface area contributed by atoms with E-state index in [4.69, 9.17) is 4.74 Å². The molecule has 1 aromatic rings. The Morgan fingerprint density at radius 3 is 2.35 bits per heavy atom. The van der Waals surface area contributed by atoms with Crippen molar-refractivity contribution in [3.63, 3.8) is 0 Å². The third kappa shape index (κ3) is 5.92. The van der Waals surface area contributed by atoms with E-state index in [9.17, 15) is 13.2 Å². The van der Waals surface area contributed by atoms with Crippen LogP contribution in [-0.2, 0) is 9.84 Å². The van der Waals surface area contributed by atoms with Crippen LogP contribution in [0.5, 0.6) is 5.75 Å². The second kappa shape index (κ2) is 7.14. The highest BCUT2D eigenvalue weighted by Crippen LogP contribution is 2.15. The average Bonchev–Trinajstić information content (AvgIpc) is 2.33. The zero-order chi connectivity index (χ0) is 15.2. The standard InChI is InChI=1S/C13H20N2O4S/c1-10(2)15-13(16)14-8-9-19-11-4-6-12(7-5-11)20(3,17)18/h4-7,10H,8-9H2,1-3H3,(H2,14,15,16). The Morgan fingerprint density at radius 1 is 1.25 bits per heavy atom. The molecule has 1 aromatic carbocycles. The minimum Gasteiger partial charge on any atom is -0.492 e. The molecule has 0 fully saturated rings. The molecule has 0 spiro atoms. The summed E-state index contributed by atoms with van der Waals surface area (Å²) >= 11 is 0. The second-order valence-corrected chi connectivity index (χ2v) is 6.66. The monoisotopic (exact) mass is 300 g/mol. The summed E-state index contributed by atoms with van der Waals surface area (Å²) in [6, 6.07) is 6.00. The molecular weight excluding hydrogens is 280 g/mol. The molecule has 0 atom stereocenters. The van der Waals surface area contributed by atoms with E-state index in [0.717, 1.165) is 6.26 Å². The fraction of sp³-hybridized carbons (Fsp3) is 0.462. The topological polar surface area (TPSA) is 84.5 Å². The zero-order valence-electron chi connectivity index (χ0n) is 11.8. The number of rotatable bonds is 6. The summed E-state index contributed by atoms with van der Waals surface area (Å²) in [7, 11) is -3.19. The Morgan fingerprint density at radius 2 is 1.85 bits per heavy atom. The van der Waals surface area contributed by atoms with Gasteiger partial charge in [-0.2, -0.15) is 0 Å². The van der Waals surface area contributed by atoms with Gasteiger partial charge in [0.2, 0.25) is 0 Å². The predicted octanol–water partition coefficient (Wildman–Crippen LogP) is 1.18. The predicted molar refractivity (Wildman–Crippen MR) is 76.7 cm³/mol. The van der Waals surface area contributed by atoms with Crippen LogP contribution in [0.15, 0.2) is 29.2 Å². The first-order valence-electron chi connectivity index (χ1n) is 6.26. The van der Waals surface area contributed by atoms with Crippen molar-refractivity contribution in [3.05, 3.63) is 24.3 Å². The minimum atomic E-state index is -3.19. The second-order valence-electron chi connectivity index (χ2n) is 4.65. The van der Waals surface area contributed by atoms with Gasteiger partial charge in [-0.05, 0) is 38.1 Å². The third-order valence-electron chi connectivity index (χ3n) is 2.33. The van der Waals surface area contributed by atoms with Crippen LogP contribution in [-0.4, -0.2) is 39.9 Å². The number of amides is 2. The molecule has 2 N–H and O–H groups in total. The van der Waals surface area contributed by atoms with E-state index in [1.54, 1.807) is 12.1 Å². The van der Waals surface area contributed by atoms with Crippen molar-refractivity contribution in [2.24, 2.45) is 0 Å². The van der Waals surface area contributed by atoms with E-state index in [0.29, 0.717) is 18.9 Å². The molecule has 0 aliphatic carbocycles. The van der Waals surface area contributed by atoms with Crippen molar-refractivity contribution in [3.8, 4) is 5.75 Å². The average molecular weight is 300 g/mol. The summed E-state index contributed by atoms with van der Waals surface area (Å²) in [5.41, 5.74) is 0. The fourth-order valence-electron chi connectivity index (χ4n) is 1.43. The molecule has 0 aromatic heterocycles. The normalized spacial score (nSPS) is 11.2. The molecule has 0 bridgehead atoms. The lowest BCUT2D eigenvalue weighted by molar-refractivity contribution is 0.234. The van der Waals surface area contributed by atoms with Gasteiger partial charge in [-0.3, -0.25) is 0 Å². The molecule has 0 saturated heterocycles. The molecule has 7 heteroatoms.